The number of aryl methyl sites for hydroxylation is 1. The molecule has 0 radical (unpaired) electrons. The molecule has 3 rings (SSSR count). The minimum atomic E-state index is 0.172. The molecular weight excluding hydrogens is 198 g/mol. The summed E-state index contributed by atoms with van der Waals surface area (Å²) in [5.41, 5.74) is 3.69. The third kappa shape index (κ3) is 1.35. The number of nitrogens with one attached hydrogen (secondary N) is 2. The molecule has 1 aliphatic rings. The lowest BCUT2D eigenvalue weighted by Crippen LogP contribution is -2.26. The summed E-state index contributed by atoms with van der Waals surface area (Å²) >= 11 is 0. The Balaban J connectivity index is 2.15. The van der Waals surface area contributed by atoms with Crippen LogP contribution in [0.1, 0.15) is 24.7 Å². The number of rotatable bonds is 1. The Morgan fingerprint density at radius 1 is 1.38 bits per heavy atom. The number of fused-ring (bicyclic) bond motifs is 1. The molecule has 84 valence electrons. The summed E-state index contributed by atoms with van der Waals surface area (Å²) in [6.45, 7) is 6.50. The number of H-pyrrole nitrogens is 1. The first-order valence-electron chi connectivity index (χ1n) is 5.86. The summed E-state index contributed by atoms with van der Waals surface area (Å²) in [5.74, 6) is 1.13. The van der Waals surface area contributed by atoms with Crippen molar-refractivity contribution in [1.82, 2.24) is 15.3 Å². The third-order valence-corrected chi connectivity index (χ3v) is 3.65. The number of hydrogen-bond donors (Lipinski definition) is 2. The molecule has 1 fully saturated rings. The highest BCUT2D eigenvalue weighted by atomic mass is 15.0. The van der Waals surface area contributed by atoms with E-state index in [0.29, 0.717) is 0 Å². The molecule has 0 saturated carbocycles. The summed E-state index contributed by atoms with van der Waals surface area (Å²) in [4.78, 5) is 8.24. The van der Waals surface area contributed by atoms with Gasteiger partial charge in [-0.05, 0) is 31.5 Å². The van der Waals surface area contributed by atoms with Gasteiger partial charge in [0, 0.05) is 12.0 Å². The van der Waals surface area contributed by atoms with E-state index in [1.54, 1.807) is 0 Å². The first-order chi connectivity index (χ1) is 7.69. The second kappa shape index (κ2) is 3.32. The zero-order chi connectivity index (χ0) is 11.2. The maximum absolute atomic E-state index is 4.77. The molecule has 16 heavy (non-hydrogen) atoms. The van der Waals surface area contributed by atoms with E-state index in [-0.39, 0.29) is 5.41 Å². The number of nitrogens with zero attached hydrogens (tertiary/aromatic N) is 1. The van der Waals surface area contributed by atoms with E-state index in [0.717, 1.165) is 36.4 Å². The largest absolute Gasteiger partial charge is 0.341 e. The second-order valence-corrected chi connectivity index (χ2v) is 5.04. The Bertz CT molecular complexity index is 521. The van der Waals surface area contributed by atoms with Crippen molar-refractivity contribution < 1.29 is 0 Å². The van der Waals surface area contributed by atoms with Gasteiger partial charge in [0.25, 0.3) is 0 Å². The molecule has 1 atom stereocenters. The van der Waals surface area contributed by atoms with Crippen LogP contribution in [-0.4, -0.2) is 23.1 Å². The monoisotopic (exact) mass is 215 g/mol. The first kappa shape index (κ1) is 9.85. The van der Waals surface area contributed by atoms with Crippen LogP contribution in [0.5, 0.6) is 0 Å². The molecule has 2 aromatic rings. The average Bonchev–Trinajstić information content (AvgIpc) is 2.85. The van der Waals surface area contributed by atoms with Gasteiger partial charge in [0.05, 0.1) is 11.0 Å². The number of aromatic amines is 1. The Morgan fingerprint density at radius 2 is 2.25 bits per heavy atom. The first-order valence-corrected chi connectivity index (χ1v) is 5.86. The molecule has 0 aliphatic carbocycles. The van der Waals surface area contributed by atoms with Crippen LogP contribution in [0.25, 0.3) is 11.0 Å². The lowest BCUT2D eigenvalue weighted by atomic mass is 9.89. The Kier molecular flexibility index (Phi) is 2.04. The van der Waals surface area contributed by atoms with E-state index >= 15 is 0 Å². The zero-order valence-electron chi connectivity index (χ0n) is 9.80. The Labute approximate surface area is 95.3 Å². The lowest BCUT2D eigenvalue weighted by molar-refractivity contribution is 0.496. The topological polar surface area (TPSA) is 40.7 Å². The van der Waals surface area contributed by atoms with E-state index in [2.05, 4.69) is 42.3 Å². The highest BCUT2D eigenvalue weighted by Gasteiger charge is 2.33. The number of imidazole rings is 1. The van der Waals surface area contributed by atoms with Crippen LogP contribution < -0.4 is 5.32 Å². The van der Waals surface area contributed by atoms with E-state index in [1.165, 1.54) is 5.56 Å². The van der Waals surface area contributed by atoms with E-state index in [4.69, 9.17) is 4.98 Å². The second-order valence-electron chi connectivity index (χ2n) is 5.04. The summed E-state index contributed by atoms with van der Waals surface area (Å²) < 4.78 is 0. The molecule has 3 nitrogen and oxygen atoms in total. The molecule has 1 aliphatic heterocycles. The molecule has 3 heteroatoms. The van der Waals surface area contributed by atoms with Crippen molar-refractivity contribution in [3.05, 3.63) is 29.6 Å². The highest BCUT2D eigenvalue weighted by Crippen LogP contribution is 2.29. The molecule has 1 unspecified atom stereocenters. The van der Waals surface area contributed by atoms with Gasteiger partial charge in [0.15, 0.2) is 0 Å². The third-order valence-electron chi connectivity index (χ3n) is 3.65. The van der Waals surface area contributed by atoms with Gasteiger partial charge in [-0.3, -0.25) is 0 Å². The quantitative estimate of drug-likeness (QED) is 0.765. The van der Waals surface area contributed by atoms with Crippen LogP contribution >= 0.6 is 0 Å². The van der Waals surface area contributed by atoms with Gasteiger partial charge >= 0.3 is 0 Å². The Morgan fingerprint density at radius 3 is 2.94 bits per heavy atom. The van der Waals surface area contributed by atoms with Crippen molar-refractivity contribution in [2.45, 2.75) is 25.7 Å². The average molecular weight is 215 g/mol. The molecule has 1 aromatic carbocycles. The van der Waals surface area contributed by atoms with Crippen molar-refractivity contribution in [2.24, 2.45) is 0 Å². The molecular formula is C13H17N3. The van der Waals surface area contributed by atoms with Crippen LogP contribution in [0.15, 0.2) is 18.2 Å². The SMILES string of the molecule is Cc1cccc2[nH]c(C3(C)CCNC3)nc12. The fraction of sp³-hybridized carbons (Fsp3) is 0.462. The summed E-state index contributed by atoms with van der Waals surface area (Å²) in [7, 11) is 0. The molecule has 1 saturated heterocycles. The predicted molar refractivity (Wildman–Crippen MR) is 65.7 cm³/mol. The number of para-hydroxylation sites is 1. The minimum Gasteiger partial charge on any atom is -0.341 e. The normalized spacial score (nSPS) is 25.4. The maximum atomic E-state index is 4.77. The predicted octanol–water partition coefficient (Wildman–Crippen LogP) is 2.12. The number of aromatic nitrogens is 2. The molecule has 2 heterocycles. The van der Waals surface area contributed by atoms with Gasteiger partial charge in [0.1, 0.15) is 5.82 Å². The fourth-order valence-corrected chi connectivity index (χ4v) is 2.48. The standard InChI is InChI=1S/C13H17N3/c1-9-4-3-5-10-11(9)16-12(15-10)13(2)6-7-14-8-13/h3-5,14H,6-8H2,1-2H3,(H,15,16). The minimum absolute atomic E-state index is 0.172. The summed E-state index contributed by atoms with van der Waals surface area (Å²) in [6, 6.07) is 6.29. The highest BCUT2D eigenvalue weighted by molar-refractivity contribution is 5.78. The number of hydrogen-bond acceptors (Lipinski definition) is 2. The van der Waals surface area contributed by atoms with Gasteiger partial charge in [-0.15, -0.1) is 0 Å². The van der Waals surface area contributed by atoms with E-state index in [1.807, 2.05) is 0 Å². The lowest BCUT2D eigenvalue weighted by Gasteiger charge is -2.18. The van der Waals surface area contributed by atoms with E-state index in [9.17, 15) is 0 Å². The van der Waals surface area contributed by atoms with Crippen LogP contribution in [0.3, 0.4) is 0 Å². The van der Waals surface area contributed by atoms with Crippen molar-refractivity contribution in [2.75, 3.05) is 13.1 Å². The Hall–Kier alpha value is -1.35. The van der Waals surface area contributed by atoms with Crippen molar-refractivity contribution in [3.8, 4) is 0 Å². The fourth-order valence-electron chi connectivity index (χ4n) is 2.48. The van der Waals surface area contributed by atoms with Crippen LogP contribution in [0, 0.1) is 6.92 Å². The van der Waals surface area contributed by atoms with Crippen molar-refractivity contribution in [1.29, 1.82) is 0 Å². The maximum Gasteiger partial charge on any atom is 0.114 e. The summed E-state index contributed by atoms with van der Waals surface area (Å²) in [5, 5.41) is 3.41. The van der Waals surface area contributed by atoms with E-state index < -0.39 is 0 Å². The van der Waals surface area contributed by atoms with Crippen LogP contribution in [0.4, 0.5) is 0 Å². The van der Waals surface area contributed by atoms with Gasteiger partial charge in [-0.1, -0.05) is 19.1 Å². The molecule has 0 amide bonds. The van der Waals surface area contributed by atoms with Crippen LogP contribution in [0.2, 0.25) is 0 Å². The molecule has 0 spiro atoms. The summed E-state index contributed by atoms with van der Waals surface area (Å²) in [6.07, 6.45) is 1.16. The zero-order valence-corrected chi connectivity index (χ0v) is 9.80. The van der Waals surface area contributed by atoms with Crippen LogP contribution in [-0.2, 0) is 5.41 Å². The van der Waals surface area contributed by atoms with Gasteiger partial charge in [-0.25, -0.2) is 4.98 Å². The van der Waals surface area contributed by atoms with Gasteiger partial charge < -0.3 is 10.3 Å². The van der Waals surface area contributed by atoms with Crippen molar-refractivity contribution in [3.63, 3.8) is 0 Å². The van der Waals surface area contributed by atoms with Gasteiger partial charge in [0.2, 0.25) is 0 Å². The molecule has 1 aromatic heterocycles. The molecule has 2 N–H and O–H groups in total. The van der Waals surface area contributed by atoms with Crippen molar-refractivity contribution >= 4 is 11.0 Å². The molecule has 0 bridgehead atoms. The van der Waals surface area contributed by atoms with Gasteiger partial charge in [-0.2, -0.15) is 0 Å². The number of benzene rings is 1. The smallest absolute Gasteiger partial charge is 0.114 e.